The predicted molar refractivity (Wildman–Crippen MR) is 67.1 cm³/mol. The maximum Gasteiger partial charge on any atom is 0.143 e. The first-order chi connectivity index (χ1) is 6.77. The van der Waals surface area contributed by atoms with Crippen molar-refractivity contribution in [1.82, 2.24) is 0 Å². The standard InChI is InChI=1S/C11H12BrNO.ClH/c12-8-2-3-10-9(6-8)13-7-11(14-10)4-1-5-11;/h2-3,6,13H,1,4-5,7H2;1H. The third-order valence-electron chi connectivity index (χ3n) is 3.13. The van der Waals surface area contributed by atoms with Crippen molar-refractivity contribution in [1.29, 1.82) is 0 Å². The smallest absolute Gasteiger partial charge is 0.143 e. The van der Waals surface area contributed by atoms with Gasteiger partial charge in [-0.15, -0.1) is 12.4 Å². The average molecular weight is 291 g/mol. The fraction of sp³-hybridized carbons (Fsp3) is 0.455. The van der Waals surface area contributed by atoms with E-state index in [0.29, 0.717) is 0 Å². The minimum Gasteiger partial charge on any atom is -0.483 e. The summed E-state index contributed by atoms with van der Waals surface area (Å²) in [7, 11) is 0. The van der Waals surface area contributed by atoms with Crippen LogP contribution in [0.3, 0.4) is 0 Å². The van der Waals surface area contributed by atoms with E-state index in [9.17, 15) is 0 Å². The molecule has 1 aromatic carbocycles. The van der Waals surface area contributed by atoms with Crippen LogP contribution in [0.4, 0.5) is 5.69 Å². The van der Waals surface area contributed by atoms with Crippen LogP contribution in [0.1, 0.15) is 19.3 Å². The van der Waals surface area contributed by atoms with Crippen LogP contribution in [0.25, 0.3) is 0 Å². The summed E-state index contributed by atoms with van der Waals surface area (Å²) in [5, 5.41) is 3.44. The third-order valence-corrected chi connectivity index (χ3v) is 3.63. The minimum atomic E-state index is 0. The Morgan fingerprint density at radius 3 is 2.80 bits per heavy atom. The lowest BCUT2D eigenvalue weighted by Gasteiger charge is -2.45. The van der Waals surface area contributed by atoms with E-state index < -0.39 is 0 Å². The van der Waals surface area contributed by atoms with Gasteiger partial charge in [-0.2, -0.15) is 0 Å². The van der Waals surface area contributed by atoms with Gasteiger partial charge in [-0.25, -0.2) is 0 Å². The number of rotatable bonds is 0. The topological polar surface area (TPSA) is 21.3 Å². The second-order valence-corrected chi connectivity index (χ2v) is 5.05. The van der Waals surface area contributed by atoms with Crippen LogP contribution >= 0.6 is 28.3 Å². The summed E-state index contributed by atoms with van der Waals surface area (Å²) in [6.45, 7) is 0.955. The molecule has 1 aliphatic carbocycles. The third kappa shape index (κ3) is 1.83. The molecule has 0 atom stereocenters. The summed E-state index contributed by atoms with van der Waals surface area (Å²) >= 11 is 3.45. The molecule has 1 aliphatic heterocycles. The first-order valence-electron chi connectivity index (χ1n) is 5.00. The Kier molecular flexibility index (Phi) is 2.86. The van der Waals surface area contributed by atoms with Gasteiger partial charge in [0.25, 0.3) is 0 Å². The van der Waals surface area contributed by atoms with E-state index in [1.165, 1.54) is 19.3 Å². The molecule has 4 heteroatoms. The number of hydrogen-bond acceptors (Lipinski definition) is 2. The second-order valence-electron chi connectivity index (χ2n) is 4.13. The van der Waals surface area contributed by atoms with Crippen LogP contribution in [0.5, 0.6) is 5.75 Å². The van der Waals surface area contributed by atoms with Gasteiger partial charge in [-0.05, 0) is 37.5 Å². The molecular weight excluding hydrogens is 277 g/mol. The highest BCUT2D eigenvalue weighted by molar-refractivity contribution is 9.10. The molecule has 1 fully saturated rings. The zero-order valence-electron chi connectivity index (χ0n) is 8.25. The average Bonchev–Trinajstić information content (AvgIpc) is 2.15. The first-order valence-corrected chi connectivity index (χ1v) is 5.79. The van der Waals surface area contributed by atoms with Crippen LogP contribution in [0, 0.1) is 0 Å². The van der Waals surface area contributed by atoms with E-state index in [-0.39, 0.29) is 18.0 Å². The zero-order valence-corrected chi connectivity index (χ0v) is 10.7. The van der Waals surface area contributed by atoms with Crippen molar-refractivity contribution in [3.63, 3.8) is 0 Å². The number of nitrogens with one attached hydrogen (secondary N) is 1. The molecule has 3 rings (SSSR count). The lowest BCUT2D eigenvalue weighted by atomic mass is 9.79. The lowest BCUT2D eigenvalue weighted by molar-refractivity contribution is 0.000188. The Labute approximate surface area is 104 Å². The lowest BCUT2D eigenvalue weighted by Crippen LogP contribution is -2.51. The molecule has 0 radical (unpaired) electrons. The molecular formula is C11H13BrClNO. The molecule has 2 aliphatic rings. The number of fused-ring (bicyclic) bond motifs is 1. The summed E-state index contributed by atoms with van der Waals surface area (Å²) in [5.41, 5.74) is 1.22. The maximum absolute atomic E-state index is 6.03. The molecule has 1 N–H and O–H groups in total. The SMILES string of the molecule is Brc1ccc2c(c1)NCC1(CCC1)O2.Cl. The van der Waals surface area contributed by atoms with Crippen LogP contribution in [0.2, 0.25) is 0 Å². The van der Waals surface area contributed by atoms with Crippen LogP contribution in [0.15, 0.2) is 22.7 Å². The summed E-state index contributed by atoms with van der Waals surface area (Å²) < 4.78 is 7.12. The number of ether oxygens (including phenoxy) is 1. The molecule has 0 aromatic heterocycles. The number of hydrogen-bond donors (Lipinski definition) is 1. The van der Waals surface area contributed by atoms with E-state index in [2.05, 4.69) is 27.3 Å². The molecule has 82 valence electrons. The Morgan fingerprint density at radius 2 is 2.13 bits per heavy atom. The van der Waals surface area contributed by atoms with Gasteiger partial charge in [-0.1, -0.05) is 15.9 Å². The molecule has 0 unspecified atom stereocenters. The van der Waals surface area contributed by atoms with E-state index in [1.54, 1.807) is 0 Å². The first kappa shape index (κ1) is 11.1. The zero-order chi connectivity index (χ0) is 9.60. The van der Waals surface area contributed by atoms with Gasteiger partial charge < -0.3 is 10.1 Å². The fourth-order valence-electron chi connectivity index (χ4n) is 2.10. The van der Waals surface area contributed by atoms with Crippen molar-refractivity contribution in [2.24, 2.45) is 0 Å². The number of benzene rings is 1. The summed E-state index contributed by atoms with van der Waals surface area (Å²) in [6, 6.07) is 6.13. The van der Waals surface area contributed by atoms with Gasteiger partial charge >= 0.3 is 0 Å². The molecule has 0 saturated heterocycles. The molecule has 0 bridgehead atoms. The summed E-state index contributed by atoms with van der Waals surface area (Å²) in [4.78, 5) is 0. The Morgan fingerprint density at radius 1 is 1.33 bits per heavy atom. The molecule has 1 heterocycles. The molecule has 2 nitrogen and oxygen atoms in total. The summed E-state index contributed by atoms with van der Waals surface area (Å²) in [5.74, 6) is 0.999. The maximum atomic E-state index is 6.03. The minimum absolute atomic E-state index is 0. The predicted octanol–water partition coefficient (Wildman–Crippen LogP) is 3.60. The highest BCUT2D eigenvalue weighted by Gasteiger charge is 2.41. The Balaban J connectivity index is 0.000000853. The molecule has 1 aromatic rings. The largest absolute Gasteiger partial charge is 0.483 e. The van der Waals surface area contributed by atoms with Crippen molar-refractivity contribution in [2.75, 3.05) is 11.9 Å². The molecule has 1 saturated carbocycles. The van der Waals surface area contributed by atoms with Crippen molar-refractivity contribution in [2.45, 2.75) is 24.9 Å². The van der Waals surface area contributed by atoms with Gasteiger partial charge in [0, 0.05) is 4.47 Å². The van der Waals surface area contributed by atoms with Gasteiger partial charge in [0.15, 0.2) is 0 Å². The Hall–Kier alpha value is -0.410. The van der Waals surface area contributed by atoms with Gasteiger partial charge in [0.1, 0.15) is 11.4 Å². The van der Waals surface area contributed by atoms with Crippen molar-refractivity contribution in [3.8, 4) is 5.75 Å². The van der Waals surface area contributed by atoms with Crippen LogP contribution in [-0.2, 0) is 0 Å². The molecule has 1 spiro atoms. The van der Waals surface area contributed by atoms with E-state index in [1.807, 2.05) is 12.1 Å². The van der Waals surface area contributed by atoms with Crippen LogP contribution < -0.4 is 10.1 Å². The van der Waals surface area contributed by atoms with E-state index in [4.69, 9.17) is 4.74 Å². The fourth-order valence-corrected chi connectivity index (χ4v) is 2.47. The van der Waals surface area contributed by atoms with Crippen LogP contribution in [-0.4, -0.2) is 12.1 Å². The number of halogens is 2. The van der Waals surface area contributed by atoms with Gasteiger partial charge in [0.2, 0.25) is 0 Å². The highest BCUT2D eigenvalue weighted by Crippen LogP contribution is 2.43. The van der Waals surface area contributed by atoms with E-state index in [0.717, 1.165) is 22.5 Å². The van der Waals surface area contributed by atoms with Crippen molar-refractivity contribution in [3.05, 3.63) is 22.7 Å². The summed E-state index contributed by atoms with van der Waals surface area (Å²) in [6.07, 6.45) is 3.68. The van der Waals surface area contributed by atoms with E-state index >= 15 is 0 Å². The highest BCUT2D eigenvalue weighted by atomic mass is 79.9. The number of anilines is 1. The van der Waals surface area contributed by atoms with Crippen molar-refractivity contribution < 1.29 is 4.74 Å². The monoisotopic (exact) mass is 289 g/mol. The van der Waals surface area contributed by atoms with Crippen molar-refractivity contribution >= 4 is 34.0 Å². The quantitative estimate of drug-likeness (QED) is 0.788. The normalized spacial score (nSPS) is 20.3. The van der Waals surface area contributed by atoms with Gasteiger partial charge in [-0.3, -0.25) is 0 Å². The molecule has 0 amide bonds. The Bertz CT molecular complexity index is 379. The molecule has 15 heavy (non-hydrogen) atoms. The van der Waals surface area contributed by atoms with Gasteiger partial charge in [0.05, 0.1) is 12.2 Å². The second kappa shape index (κ2) is 3.87.